The predicted molar refractivity (Wildman–Crippen MR) is 116 cm³/mol. The number of fused-ring (bicyclic) bond motifs is 2. The quantitative estimate of drug-likeness (QED) is 0.371. The molecule has 2 aromatic heterocycles. The van der Waals surface area contributed by atoms with Crippen LogP contribution in [0, 0.1) is 0 Å². The Morgan fingerprint density at radius 2 is 1.69 bits per heavy atom. The number of benzene rings is 2. The maximum atomic E-state index is 13.9. The van der Waals surface area contributed by atoms with E-state index >= 15 is 0 Å². The third-order valence-corrected chi connectivity index (χ3v) is 6.24. The number of hydrogen-bond donors (Lipinski definition) is 0. The summed E-state index contributed by atoms with van der Waals surface area (Å²) in [5.41, 5.74) is 1.73. The van der Waals surface area contributed by atoms with E-state index in [4.69, 9.17) is 0 Å². The number of rotatable bonds is 2. The molecule has 0 fully saturated rings. The van der Waals surface area contributed by atoms with Crippen LogP contribution in [0.15, 0.2) is 65.1 Å². The van der Waals surface area contributed by atoms with Crippen molar-refractivity contribution in [2.24, 2.45) is 0 Å². The molecule has 0 aliphatic carbocycles. The van der Waals surface area contributed by atoms with Gasteiger partial charge in [0.1, 0.15) is 0 Å². The first-order chi connectivity index (χ1) is 15.3. The first kappa shape index (κ1) is 20.7. The summed E-state index contributed by atoms with van der Waals surface area (Å²) in [6.45, 7) is 0.842. The van der Waals surface area contributed by atoms with Gasteiger partial charge in [-0.05, 0) is 39.5 Å². The number of aromatic nitrogens is 3. The predicted octanol–water partition coefficient (Wildman–Crippen LogP) is 5.38. The molecule has 0 bridgehead atoms. The van der Waals surface area contributed by atoms with Gasteiger partial charge in [0.25, 0.3) is 5.91 Å². The molecule has 3 heterocycles. The van der Waals surface area contributed by atoms with Gasteiger partial charge in [-0.15, -0.1) is 0 Å². The minimum atomic E-state index is -4.68. The van der Waals surface area contributed by atoms with Gasteiger partial charge >= 0.3 is 6.18 Å². The highest BCUT2D eigenvalue weighted by atomic mass is 79.9. The van der Waals surface area contributed by atoms with E-state index in [1.165, 1.54) is 5.56 Å². The van der Waals surface area contributed by atoms with Crippen molar-refractivity contribution < 1.29 is 18.0 Å². The Morgan fingerprint density at radius 3 is 2.41 bits per heavy atom. The number of halogens is 4. The second-order valence-corrected chi connectivity index (χ2v) is 8.33. The molecule has 4 aromatic rings. The molecule has 1 amide bonds. The largest absolute Gasteiger partial charge is 0.433 e. The lowest BCUT2D eigenvalue weighted by Crippen LogP contribution is -2.36. The summed E-state index contributed by atoms with van der Waals surface area (Å²) in [4.78, 5) is 19.2. The lowest BCUT2D eigenvalue weighted by atomic mass is 10.00. The molecule has 0 spiro atoms. The van der Waals surface area contributed by atoms with E-state index in [2.05, 4.69) is 26.0 Å². The lowest BCUT2D eigenvalue weighted by Gasteiger charge is -2.28. The molecular weight excluding hydrogens is 485 g/mol. The minimum Gasteiger partial charge on any atom is -0.333 e. The smallest absolute Gasteiger partial charge is 0.333 e. The summed E-state index contributed by atoms with van der Waals surface area (Å²) in [5.74, 6) is -0.439. The van der Waals surface area contributed by atoms with Gasteiger partial charge in [0.05, 0.1) is 10.2 Å². The topological polar surface area (TPSA) is 50.5 Å². The zero-order valence-corrected chi connectivity index (χ0v) is 18.2. The van der Waals surface area contributed by atoms with Crippen molar-refractivity contribution >= 4 is 27.5 Å². The van der Waals surface area contributed by atoms with E-state index in [0.29, 0.717) is 29.6 Å². The fraction of sp³-hybridized carbons (Fsp3) is 0.174. The van der Waals surface area contributed by atoms with E-state index < -0.39 is 17.8 Å². The summed E-state index contributed by atoms with van der Waals surface area (Å²) in [6.07, 6.45) is -4.00. The first-order valence-electron chi connectivity index (χ1n) is 9.91. The van der Waals surface area contributed by atoms with Crippen molar-refractivity contribution in [1.29, 1.82) is 0 Å². The van der Waals surface area contributed by atoms with Gasteiger partial charge in [0.2, 0.25) is 0 Å². The molecule has 32 heavy (non-hydrogen) atoms. The minimum absolute atomic E-state index is 0.0561. The van der Waals surface area contributed by atoms with E-state index in [1.807, 2.05) is 24.3 Å². The number of nitrogens with zero attached hydrogens (tertiary/aromatic N) is 4. The Kier molecular flexibility index (Phi) is 5.00. The van der Waals surface area contributed by atoms with Gasteiger partial charge in [0, 0.05) is 18.7 Å². The Bertz CT molecular complexity index is 1330. The van der Waals surface area contributed by atoms with Gasteiger partial charge in [-0.3, -0.25) is 4.79 Å². The number of alkyl halides is 3. The summed E-state index contributed by atoms with van der Waals surface area (Å²) in [6, 6.07) is 17.3. The highest BCUT2D eigenvalue weighted by molar-refractivity contribution is 9.10. The molecule has 5 rings (SSSR count). The number of amides is 1. The fourth-order valence-corrected chi connectivity index (χ4v) is 4.41. The van der Waals surface area contributed by atoms with Gasteiger partial charge in [0.15, 0.2) is 17.0 Å². The molecule has 0 N–H and O–H groups in total. The molecule has 9 heteroatoms. The molecule has 1 aliphatic rings. The van der Waals surface area contributed by atoms with E-state index in [0.717, 1.165) is 11.6 Å². The van der Waals surface area contributed by atoms with Crippen LogP contribution < -0.4 is 0 Å². The van der Waals surface area contributed by atoms with Crippen LogP contribution in [-0.4, -0.2) is 31.9 Å². The first-order valence-corrected chi connectivity index (χ1v) is 10.7. The molecule has 0 saturated carbocycles. The second kappa shape index (κ2) is 7.74. The molecule has 0 unspecified atom stereocenters. The molecule has 2 aromatic carbocycles. The average Bonchev–Trinajstić information content (AvgIpc) is 3.14. The average molecular weight is 501 g/mol. The summed E-state index contributed by atoms with van der Waals surface area (Å²) >= 11 is 3.30. The normalized spacial score (nSPS) is 13.9. The van der Waals surface area contributed by atoms with Crippen molar-refractivity contribution in [3.05, 3.63) is 87.7 Å². The van der Waals surface area contributed by atoms with Crippen LogP contribution in [-0.2, 0) is 19.1 Å². The SMILES string of the molecule is O=C(c1nn2c(C(F)(F)F)cc(-c3ccccc3)nc2c1Br)N1CCc2ccccc2C1. The van der Waals surface area contributed by atoms with Crippen molar-refractivity contribution in [2.75, 3.05) is 6.54 Å². The molecule has 0 atom stereocenters. The van der Waals surface area contributed by atoms with Gasteiger partial charge in [-0.2, -0.15) is 18.3 Å². The third-order valence-electron chi connectivity index (χ3n) is 5.51. The zero-order chi connectivity index (χ0) is 22.5. The van der Waals surface area contributed by atoms with Crippen molar-refractivity contribution in [3.8, 4) is 11.3 Å². The van der Waals surface area contributed by atoms with Crippen molar-refractivity contribution in [3.63, 3.8) is 0 Å². The Labute approximate surface area is 189 Å². The van der Waals surface area contributed by atoms with Gasteiger partial charge in [-0.1, -0.05) is 54.6 Å². The summed E-state index contributed by atoms with van der Waals surface area (Å²) in [5, 5.41) is 4.04. The van der Waals surface area contributed by atoms with Crippen LogP contribution in [0.2, 0.25) is 0 Å². The van der Waals surface area contributed by atoms with Crippen molar-refractivity contribution in [1.82, 2.24) is 19.5 Å². The highest BCUT2D eigenvalue weighted by Gasteiger charge is 2.37. The molecule has 162 valence electrons. The lowest BCUT2D eigenvalue weighted by molar-refractivity contribution is -0.142. The van der Waals surface area contributed by atoms with Crippen LogP contribution >= 0.6 is 15.9 Å². The zero-order valence-electron chi connectivity index (χ0n) is 16.6. The van der Waals surface area contributed by atoms with Gasteiger partial charge in [-0.25, -0.2) is 9.50 Å². The molecule has 0 saturated heterocycles. The van der Waals surface area contributed by atoms with Crippen LogP contribution in [0.3, 0.4) is 0 Å². The number of hydrogen-bond acceptors (Lipinski definition) is 3. The van der Waals surface area contributed by atoms with Gasteiger partial charge < -0.3 is 4.90 Å². The maximum Gasteiger partial charge on any atom is 0.433 e. The van der Waals surface area contributed by atoms with Crippen LogP contribution in [0.4, 0.5) is 13.2 Å². The number of carbonyl (C=O) groups is 1. The second-order valence-electron chi connectivity index (χ2n) is 7.53. The Balaban J connectivity index is 1.61. The fourth-order valence-electron chi connectivity index (χ4n) is 3.91. The maximum absolute atomic E-state index is 13.9. The Hall–Kier alpha value is -3.20. The third kappa shape index (κ3) is 3.56. The van der Waals surface area contributed by atoms with E-state index in [9.17, 15) is 18.0 Å². The summed E-state index contributed by atoms with van der Waals surface area (Å²) in [7, 11) is 0. The monoisotopic (exact) mass is 500 g/mol. The molecule has 0 radical (unpaired) electrons. The Morgan fingerprint density at radius 1 is 1.00 bits per heavy atom. The van der Waals surface area contributed by atoms with Crippen LogP contribution in [0.1, 0.15) is 27.3 Å². The molecule has 5 nitrogen and oxygen atoms in total. The van der Waals surface area contributed by atoms with E-state index in [-0.39, 0.29) is 21.5 Å². The molecule has 1 aliphatic heterocycles. The standard InChI is InChI=1S/C23H16BrF3N4O/c24-19-20(22(32)30-11-10-14-6-4-5-9-16(14)13-30)29-31-18(23(25,26)27)12-17(28-21(19)31)15-7-2-1-3-8-15/h1-9,12H,10-11,13H2. The van der Waals surface area contributed by atoms with Crippen LogP contribution in [0.25, 0.3) is 16.9 Å². The molecular formula is C23H16BrF3N4O. The highest BCUT2D eigenvalue weighted by Crippen LogP contribution is 2.35. The van der Waals surface area contributed by atoms with Crippen molar-refractivity contribution in [2.45, 2.75) is 19.1 Å². The number of carbonyl (C=O) groups excluding carboxylic acids is 1. The van der Waals surface area contributed by atoms with Crippen LogP contribution in [0.5, 0.6) is 0 Å². The van der Waals surface area contributed by atoms with E-state index in [1.54, 1.807) is 35.2 Å². The summed E-state index contributed by atoms with van der Waals surface area (Å²) < 4.78 is 42.5.